The number of aromatic nitrogens is 1. The van der Waals surface area contributed by atoms with E-state index in [1.54, 1.807) is 12.1 Å². The van der Waals surface area contributed by atoms with Crippen molar-refractivity contribution >= 4 is 17.3 Å². The van der Waals surface area contributed by atoms with Crippen LogP contribution in [0.4, 0.5) is 4.39 Å². The molecule has 0 fully saturated rings. The number of rotatable bonds is 7. The van der Waals surface area contributed by atoms with Crippen LogP contribution in [0.2, 0.25) is 0 Å². The molecule has 0 spiro atoms. The molecule has 4 nitrogen and oxygen atoms in total. The Balaban J connectivity index is 2.02. The predicted octanol–water partition coefficient (Wildman–Crippen LogP) is 3.54. The van der Waals surface area contributed by atoms with Gasteiger partial charge in [0, 0.05) is 17.5 Å². The van der Waals surface area contributed by atoms with Gasteiger partial charge in [0.2, 0.25) is 0 Å². The first kappa shape index (κ1) is 16.6. The minimum Gasteiger partial charge on any atom is -0.480 e. The molecule has 2 rings (SSSR count). The van der Waals surface area contributed by atoms with E-state index >= 15 is 0 Å². The molecule has 0 bridgehead atoms. The summed E-state index contributed by atoms with van der Waals surface area (Å²) in [7, 11) is 0. The first-order chi connectivity index (χ1) is 10.5. The summed E-state index contributed by atoms with van der Waals surface area (Å²) >= 11 is 1.46. The zero-order valence-corrected chi connectivity index (χ0v) is 13.4. The van der Waals surface area contributed by atoms with Gasteiger partial charge >= 0.3 is 5.97 Å². The van der Waals surface area contributed by atoms with Gasteiger partial charge in [-0.25, -0.2) is 9.37 Å². The molecule has 0 radical (unpaired) electrons. The van der Waals surface area contributed by atoms with Crippen molar-refractivity contribution in [3.63, 3.8) is 0 Å². The van der Waals surface area contributed by atoms with Gasteiger partial charge in [0.1, 0.15) is 16.9 Å². The molecule has 2 N–H and O–H groups in total. The molecule has 6 heteroatoms. The fourth-order valence-electron chi connectivity index (χ4n) is 2.10. The minimum absolute atomic E-state index is 0.0488. The molecule has 2 atom stereocenters. The average molecular weight is 322 g/mol. The number of hydrogen-bond donors (Lipinski definition) is 2. The Hall–Kier alpha value is -1.79. The SMILES string of the molecule is CC[C@H](C)[C@H](NCc1csc(-c2ccc(F)cc2)n1)C(=O)O. The van der Waals surface area contributed by atoms with Gasteiger partial charge in [-0.05, 0) is 30.2 Å². The van der Waals surface area contributed by atoms with Crippen molar-refractivity contribution in [2.75, 3.05) is 0 Å². The first-order valence-electron chi connectivity index (χ1n) is 7.17. The van der Waals surface area contributed by atoms with Crippen LogP contribution in [0.3, 0.4) is 0 Å². The van der Waals surface area contributed by atoms with Crippen LogP contribution in [0, 0.1) is 11.7 Å². The molecule has 0 aliphatic heterocycles. The molecule has 0 unspecified atom stereocenters. The van der Waals surface area contributed by atoms with E-state index in [1.165, 1.54) is 23.5 Å². The summed E-state index contributed by atoms with van der Waals surface area (Å²) < 4.78 is 12.9. The Labute approximate surface area is 133 Å². The highest BCUT2D eigenvalue weighted by atomic mass is 32.1. The third-order valence-corrected chi connectivity index (χ3v) is 4.57. The fourth-order valence-corrected chi connectivity index (χ4v) is 2.92. The number of nitrogens with one attached hydrogen (secondary N) is 1. The van der Waals surface area contributed by atoms with Crippen molar-refractivity contribution in [3.8, 4) is 10.6 Å². The Morgan fingerprint density at radius 1 is 1.41 bits per heavy atom. The normalized spacial score (nSPS) is 13.8. The van der Waals surface area contributed by atoms with E-state index in [2.05, 4.69) is 10.3 Å². The van der Waals surface area contributed by atoms with E-state index in [1.807, 2.05) is 19.2 Å². The molecule has 0 aliphatic rings. The summed E-state index contributed by atoms with van der Waals surface area (Å²) in [6.45, 7) is 4.29. The minimum atomic E-state index is -0.844. The van der Waals surface area contributed by atoms with Crippen LogP contribution < -0.4 is 5.32 Å². The van der Waals surface area contributed by atoms with Gasteiger partial charge in [-0.15, -0.1) is 11.3 Å². The number of halogens is 1. The van der Waals surface area contributed by atoms with Crippen LogP contribution in [0.5, 0.6) is 0 Å². The summed E-state index contributed by atoms with van der Waals surface area (Å²) in [6.07, 6.45) is 0.794. The van der Waals surface area contributed by atoms with E-state index < -0.39 is 12.0 Å². The maximum absolute atomic E-state index is 12.9. The maximum Gasteiger partial charge on any atom is 0.320 e. The Morgan fingerprint density at radius 2 is 2.09 bits per heavy atom. The van der Waals surface area contributed by atoms with Crippen LogP contribution in [0.15, 0.2) is 29.6 Å². The predicted molar refractivity (Wildman–Crippen MR) is 85.2 cm³/mol. The number of hydrogen-bond acceptors (Lipinski definition) is 4. The van der Waals surface area contributed by atoms with Crippen LogP contribution in [0.1, 0.15) is 26.0 Å². The number of carbonyl (C=O) groups is 1. The molecule has 0 aliphatic carbocycles. The van der Waals surface area contributed by atoms with Gasteiger partial charge in [0.05, 0.1) is 5.69 Å². The first-order valence-corrected chi connectivity index (χ1v) is 8.05. The molecule has 1 aromatic heterocycles. The topological polar surface area (TPSA) is 62.2 Å². The maximum atomic E-state index is 12.9. The van der Waals surface area contributed by atoms with E-state index in [9.17, 15) is 14.3 Å². The number of thiazole rings is 1. The van der Waals surface area contributed by atoms with E-state index in [0.29, 0.717) is 6.54 Å². The lowest BCUT2D eigenvalue weighted by atomic mass is 9.99. The number of aliphatic carboxylic acids is 1. The van der Waals surface area contributed by atoms with Crippen molar-refractivity contribution in [1.82, 2.24) is 10.3 Å². The molecular weight excluding hydrogens is 303 g/mol. The van der Waals surface area contributed by atoms with Gasteiger partial charge in [-0.3, -0.25) is 10.1 Å². The molecule has 22 heavy (non-hydrogen) atoms. The quantitative estimate of drug-likeness (QED) is 0.818. The third-order valence-electron chi connectivity index (χ3n) is 3.63. The lowest BCUT2D eigenvalue weighted by Crippen LogP contribution is -2.41. The Kier molecular flexibility index (Phi) is 5.63. The number of nitrogens with zero attached hydrogens (tertiary/aromatic N) is 1. The van der Waals surface area contributed by atoms with Gasteiger partial charge < -0.3 is 5.11 Å². The number of carboxylic acids is 1. The largest absolute Gasteiger partial charge is 0.480 e. The summed E-state index contributed by atoms with van der Waals surface area (Å²) in [6, 6.07) is 5.59. The lowest BCUT2D eigenvalue weighted by Gasteiger charge is -2.19. The van der Waals surface area contributed by atoms with Crippen molar-refractivity contribution in [2.45, 2.75) is 32.9 Å². The highest BCUT2D eigenvalue weighted by molar-refractivity contribution is 7.13. The molecule has 118 valence electrons. The van der Waals surface area contributed by atoms with E-state index in [-0.39, 0.29) is 11.7 Å². The van der Waals surface area contributed by atoms with Crippen molar-refractivity contribution < 1.29 is 14.3 Å². The molecule has 1 aromatic carbocycles. The number of benzene rings is 1. The van der Waals surface area contributed by atoms with Crippen molar-refractivity contribution in [2.24, 2.45) is 5.92 Å². The fraction of sp³-hybridized carbons (Fsp3) is 0.375. The Bertz CT molecular complexity index is 627. The average Bonchev–Trinajstić information content (AvgIpc) is 2.96. The summed E-state index contributed by atoms with van der Waals surface area (Å²) in [4.78, 5) is 15.7. The second-order valence-corrected chi connectivity index (χ2v) is 6.09. The highest BCUT2D eigenvalue weighted by Gasteiger charge is 2.22. The van der Waals surface area contributed by atoms with Crippen molar-refractivity contribution in [1.29, 1.82) is 0 Å². The van der Waals surface area contributed by atoms with Gasteiger partial charge in [-0.1, -0.05) is 20.3 Å². The summed E-state index contributed by atoms with van der Waals surface area (Å²) in [5.74, 6) is -1.07. The van der Waals surface area contributed by atoms with E-state index in [0.717, 1.165) is 22.7 Å². The van der Waals surface area contributed by atoms with Crippen LogP contribution >= 0.6 is 11.3 Å². The molecule has 2 aromatic rings. The van der Waals surface area contributed by atoms with Crippen LogP contribution in [-0.2, 0) is 11.3 Å². The molecule has 0 saturated carbocycles. The van der Waals surface area contributed by atoms with Crippen LogP contribution in [-0.4, -0.2) is 22.1 Å². The van der Waals surface area contributed by atoms with Crippen molar-refractivity contribution in [3.05, 3.63) is 41.2 Å². The number of carboxylic acid groups (broad SMARTS) is 1. The second-order valence-electron chi connectivity index (χ2n) is 5.23. The molecule has 0 saturated heterocycles. The van der Waals surface area contributed by atoms with Crippen LogP contribution in [0.25, 0.3) is 10.6 Å². The standard InChI is InChI=1S/C16H19FN2O2S/c1-3-10(2)14(16(20)21)18-8-13-9-22-15(19-13)11-4-6-12(17)7-5-11/h4-7,9-10,14,18H,3,8H2,1-2H3,(H,20,21)/t10-,14-/m0/s1. The molecule has 1 heterocycles. The second kappa shape index (κ2) is 7.47. The Morgan fingerprint density at radius 3 is 2.68 bits per heavy atom. The lowest BCUT2D eigenvalue weighted by molar-refractivity contribution is -0.140. The van der Waals surface area contributed by atoms with Gasteiger partial charge in [0.15, 0.2) is 0 Å². The van der Waals surface area contributed by atoms with Gasteiger partial charge in [0.25, 0.3) is 0 Å². The smallest absolute Gasteiger partial charge is 0.320 e. The zero-order valence-electron chi connectivity index (χ0n) is 12.5. The molecular formula is C16H19FN2O2S. The zero-order chi connectivity index (χ0) is 16.1. The summed E-state index contributed by atoms with van der Waals surface area (Å²) in [5, 5.41) is 15.0. The van der Waals surface area contributed by atoms with Gasteiger partial charge in [-0.2, -0.15) is 0 Å². The molecule has 0 amide bonds. The highest BCUT2D eigenvalue weighted by Crippen LogP contribution is 2.24. The third kappa shape index (κ3) is 4.11. The monoisotopic (exact) mass is 322 g/mol. The summed E-state index contributed by atoms with van der Waals surface area (Å²) in [5.41, 5.74) is 1.65. The van der Waals surface area contributed by atoms with E-state index in [4.69, 9.17) is 0 Å².